The first-order valence-corrected chi connectivity index (χ1v) is 4.34. The Bertz CT molecular complexity index is 247. The van der Waals surface area contributed by atoms with Crippen LogP contribution < -0.4 is 4.90 Å². The molecule has 0 saturated carbocycles. The molecule has 1 aromatic carbocycles. The van der Waals surface area contributed by atoms with Gasteiger partial charge in [-0.1, -0.05) is 18.2 Å². The highest BCUT2D eigenvalue weighted by Gasteiger charge is 2.19. The monoisotopic (exact) mass is 163 g/mol. The third-order valence-corrected chi connectivity index (χ3v) is 2.28. The van der Waals surface area contributed by atoms with Crippen LogP contribution in [-0.4, -0.2) is 24.3 Å². The molecule has 0 amide bonds. The standard InChI is InChI=1S/C10H13NO/c12-10-6-7-11(8-10)9-4-2-1-3-5-9/h1-5,10,12H,6-8H2. The highest BCUT2D eigenvalue weighted by Crippen LogP contribution is 2.19. The van der Waals surface area contributed by atoms with E-state index >= 15 is 0 Å². The van der Waals surface area contributed by atoms with Crippen LogP contribution in [0.5, 0.6) is 0 Å². The van der Waals surface area contributed by atoms with Crippen molar-refractivity contribution in [3.8, 4) is 0 Å². The summed E-state index contributed by atoms with van der Waals surface area (Å²) in [6.07, 6.45) is 0.764. The van der Waals surface area contributed by atoms with Crippen LogP contribution >= 0.6 is 0 Å². The van der Waals surface area contributed by atoms with E-state index in [1.807, 2.05) is 18.2 Å². The van der Waals surface area contributed by atoms with Gasteiger partial charge in [-0.25, -0.2) is 0 Å². The average molecular weight is 163 g/mol. The molecular formula is C10H13NO. The minimum atomic E-state index is -0.134. The first-order valence-electron chi connectivity index (χ1n) is 4.34. The van der Waals surface area contributed by atoms with Gasteiger partial charge in [-0.15, -0.1) is 0 Å². The zero-order valence-electron chi connectivity index (χ0n) is 6.98. The van der Waals surface area contributed by atoms with E-state index in [0.29, 0.717) is 0 Å². The maximum absolute atomic E-state index is 9.32. The summed E-state index contributed by atoms with van der Waals surface area (Å²) in [6.45, 7) is 1.76. The lowest BCUT2D eigenvalue weighted by Crippen LogP contribution is -2.20. The van der Waals surface area contributed by atoms with Gasteiger partial charge in [-0.05, 0) is 18.6 Å². The van der Waals surface area contributed by atoms with Crippen LogP contribution in [0.15, 0.2) is 30.3 Å². The molecule has 1 saturated heterocycles. The van der Waals surface area contributed by atoms with E-state index in [-0.39, 0.29) is 6.10 Å². The van der Waals surface area contributed by atoms with Crippen LogP contribution in [0.1, 0.15) is 6.42 Å². The third-order valence-electron chi connectivity index (χ3n) is 2.28. The smallest absolute Gasteiger partial charge is 0.0731 e. The molecule has 1 unspecified atom stereocenters. The Morgan fingerprint density at radius 1 is 1.25 bits per heavy atom. The van der Waals surface area contributed by atoms with Gasteiger partial charge in [0.15, 0.2) is 0 Å². The molecule has 0 aliphatic carbocycles. The topological polar surface area (TPSA) is 23.5 Å². The summed E-state index contributed by atoms with van der Waals surface area (Å²) in [5, 5.41) is 9.32. The van der Waals surface area contributed by atoms with Crippen LogP contribution in [0.25, 0.3) is 0 Å². The van der Waals surface area contributed by atoms with Gasteiger partial charge < -0.3 is 10.0 Å². The molecule has 0 spiro atoms. The second-order valence-electron chi connectivity index (χ2n) is 3.22. The van der Waals surface area contributed by atoms with Crippen molar-refractivity contribution in [3.05, 3.63) is 30.3 Å². The highest BCUT2D eigenvalue weighted by atomic mass is 16.3. The fourth-order valence-electron chi connectivity index (χ4n) is 1.62. The van der Waals surface area contributed by atoms with E-state index in [0.717, 1.165) is 19.5 Å². The summed E-state index contributed by atoms with van der Waals surface area (Å²) in [4.78, 5) is 2.21. The van der Waals surface area contributed by atoms with Crippen molar-refractivity contribution in [3.63, 3.8) is 0 Å². The van der Waals surface area contributed by atoms with Crippen LogP contribution in [-0.2, 0) is 0 Å². The quantitative estimate of drug-likeness (QED) is 0.673. The fraction of sp³-hybridized carbons (Fsp3) is 0.400. The number of rotatable bonds is 1. The van der Waals surface area contributed by atoms with Crippen molar-refractivity contribution in [2.24, 2.45) is 0 Å². The SMILES string of the molecule is OC1CCN(c2ccccc2)C1. The molecule has 0 aromatic heterocycles. The summed E-state index contributed by atoms with van der Waals surface area (Å²) in [5.41, 5.74) is 1.22. The average Bonchev–Trinajstić information content (AvgIpc) is 2.54. The van der Waals surface area contributed by atoms with E-state index in [1.165, 1.54) is 5.69 Å². The molecule has 2 heteroatoms. The summed E-state index contributed by atoms with van der Waals surface area (Å²) < 4.78 is 0. The molecule has 1 atom stereocenters. The van der Waals surface area contributed by atoms with Gasteiger partial charge >= 0.3 is 0 Å². The van der Waals surface area contributed by atoms with Crippen molar-refractivity contribution in [1.29, 1.82) is 0 Å². The van der Waals surface area contributed by atoms with Gasteiger partial charge in [-0.3, -0.25) is 0 Å². The lowest BCUT2D eigenvalue weighted by Gasteiger charge is -2.16. The van der Waals surface area contributed by atoms with Crippen molar-refractivity contribution < 1.29 is 5.11 Å². The molecular weight excluding hydrogens is 150 g/mol. The van der Waals surface area contributed by atoms with Crippen LogP contribution in [0.3, 0.4) is 0 Å². The molecule has 1 aromatic rings. The maximum Gasteiger partial charge on any atom is 0.0731 e. The molecule has 12 heavy (non-hydrogen) atoms. The van der Waals surface area contributed by atoms with E-state index in [1.54, 1.807) is 0 Å². The zero-order chi connectivity index (χ0) is 8.39. The van der Waals surface area contributed by atoms with E-state index in [9.17, 15) is 5.11 Å². The van der Waals surface area contributed by atoms with Gasteiger partial charge in [0.05, 0.1) is 6.10 Å². The second kappa shape index (κ2) is 3.15. The molecule has 0 bridgehead atoms. The molecule has 1 fully saturated rings. The van der Waals surface area contributed by atoms with Gasteiger partial charge in [0.2, 0.25) is 0 Å². The first kappa shape index (κ1) is 7.62. The van der Waals surface area contributed by atoms with Crippen molar-refractivity contribution in [2.45, 2.75) is 12.5 Å². The Balaban J connectivity index is 2.11. The van der Waals surface area contributed by atoms with Gasteiger partial charge in [0, 0.05) is 18.8 Å². The minimum Gasteiger partial charge on any atom is -0.391 e. The summed E-state index contributed by atoms with van der Waals surface area (Å²) in [7, 11) is 0. The van der Waals surface area contributed by atoms with Crippen molar-refractivity contribution in [2.75, 3.05) is 18.0 Å². The highest BCUT2D eigenvalue weighted by molar-refractivity contribution is 5.46. The van der Waals surface area contributed by atoms with Gasteiger partial charge in [0.25, 0.3) is 0 Å². The lowest BCUT2D eigenvalue weighted by atomic mass is 10.3. The Morgan fingerprint density at radius 2 is 2.00 bits per heavy atom. The number of aliphatic hydroxyl groups excluding tert-OH is 1. The first-order chi connectivity index (χ1) is 5.86. The predicted molar refractivity (Wildman–Crippen MR) is 49.3 cm³/mol. The number of hydrogen-bond donors (Lipinski definition) is 1. The summed E-state index contributed by atoms with van der Waals surface area (Å²) >= 11 is 0. The molecule has 2 nitrogen and oxygen atoms in total. The lowest BCUT2D eigenvalue weighted by molar-refractivity contribution is 0.198. The zero-order valence-corrected chi connectivity index (χ0v) is 6.98. The fourth-order valence-corrected chi connectivity index (χ4v) is 1.62. The van der Waals surface area contributed by atoms with Crippen molar-refractivity contribution >= 4 is 5.69 Å². The summed E-state index contributed by atoms with van der Waals surface area (Å²) in [5.74, 6) is 0. The van der Waals surface area contributed by atoms with Crippen molar-refractivity contribution in [1.82, 2.24) is 0 Å². The Hall–Kier alpha value is -1.02. The number of β-amino-alcohol motifs (C(OH)–C–C–N with tert-alkyl or cyclic N) is 1. The maximum atomic E-state index is 9.32. The number of benzene rings is 1. The minimum absolute atomic E-state index is 0.134. The predicted octanol–water partition coefficient (Wildman–Crippen LogP) is 1.26. The molecule has 0 radical (unpaired) electrons. The van der Waals surface area contributed by atoms with Gasteiger partial charge in [-0.2, -0.15) is 0 Å². The Labute approximate surface area is 72.4 Å². The number of aliphatic hydroxyl groups is 1. The molecule has 64 valence electrons. The Morgan fingerprint density at radius 3 is 2.58 bits per heavy atom. The number of para-hydroxylation sites is 1. The van der Waals surface area contributed by atoms with E-state index < -0.39 is 0 Å². The largest absolute Gasteiger partial charge is 0.391 e. The van der Waals surface area contributed by atoms with Gasteiger partial charge in [0.1, 0.15) is 0 Å². The van der Waals surface area contributed by atoms with Crippen LogP contribution in [0.2, 0.25) is 0 Å². The molecule has 1 heterocycles. The number of anilines is 1. The molecule has 1 aliphatic heterocycles. The number of nitrogens with zero attached hydrogens (tertiary/aromatic N) is 1. The molecule has 1 aliphatic rings. The van der Waals surface area contributed by atoms with E-state index in [2.05, 4.69) is 17.0 Å². The van der Waals surface area contributed by atoms with Crippen LogP contribution in [0, 0.1) is 0 Å². The Kier molecular flexibility index (Phi) is 2.00. The molecule has 1 N–H and O–H groups in total. The summed E-state index contributed by atoms with van der Waals surface area (Å²) in [6, 6.07) is 10.2. The van der Waals surface area contributed by atoms with E-state index in [4.69, 9.17) is 0 Å². The third kappa shape index (κ3) is 1.43. The normalized spacial score (nSPS) is 23.1. The molecule has 2 rings (SSSR count). The number of hydrogen-bond acceptors (Lipinski definition) is 2. The second-order valence-corrected chi connectivity index (χ2v) is 3.22. The van der Waals surface area contributed by atoms with Crippen LogP contribution in [0.4, 0.5) is 5.69 Å².